The fourth-order valence-electron chi connectivity index (χ4n) is 2.11. The predicted octanol–water partition coefficient (Wildman–Crippen LogP) is 3.30. The Morgan fingerprint density at radius 3 is 2.24 bits per heavy atom. The Balaban J connectivity index is 2.92. The molecule has 21 heavy (non-hydrogen) atoms. The lowest BCUT2D eigenvalue weighted by Crippen LogP contribution is -2.24. The Morgan fingerprint density at radius 1 is 1.24 bits per heavy atom. The van der Waals surface area contributed by atoms with Crippen LogP contribution in [-0.2, 0) is 0 Å². The zero-order chi connectivity index (χ0) is 16.2. The molecule has 6 nitrogen and oxygen atoms in total. The lowest BCUT2D eigenvalue weighted by molar-refractivity contribution is -0.385. The number of hydrogen-bond acceptors (Lipinski definition) is 4. The molecule has 0 aliphatic rings. The molecule has 0 heterocycles. The molecule has 0 atom stereocenters. The molecule has 1 aromatic rings. The number of aryl methyl sites for hydroxylation is 1. The van der Waals surface area contributed by atoms with Crippen LogP contribution < -0.4 is 5.43 Å². The quantitative estimate of drug-likeness (QED) is 0.513. The highest BCUT2D eigenvalue weighted by Gasteiger charge is 2.15. The summed E-state index contributed by atoms with van der Waals surface area (Å²) < 4.78 is 0. The van der Waals surface area contributed by atoms with Gasteiger partial charge in [0.15, 0.2) is 0 Å². The van der Waals surface area contributed by atoms with Crippen LogP contribution in [0.15, 0.2) is 23.3 Å². The molecule has 0 aliphatic carbocycles. The first-order valence-corrected chi connectivity index (χ1v) is 6.86. The van der Waals surface area contributed by atoms with Crippen LogP contribution in [0, 0.1) is 28.9 Å². The summed E-state index contributed by atoms with van der Waals surface area (Å²) >= 11 is 0. The SMILES string of the molecule is Cc1cc(C(=O)NN=C(C(C)C)C(C)C)ccc1[N+](=O)[O-]. The summed E-state index contributed by atoms with van der Waals surface area (Å²) in [7, 11) is 0. The number of hydrazone groups is 1. The van der Waals surface area contributed by atoms with Crippen molar-refractivity contribution in [2.75, 3.05) is 0 Å². The van der Waals surface area contributed by atoms with Crippen LogP contribution in [0.1, 0.15) is 43.6 Å². The van der Waals surface area contributed by atoms with Crippen molar-refractivity contribution in [1.82, 2.24) is 5.43 Å². The highest BCUT2D eigenvalue weighted by atomic mass is 16.6. The van der Waals surface area contributed by atoms with Gasteiger partial charge in [-0.25, -0.2) is 5.43 Å². The zero-order valence-electron chi connectivity index (χ0n) is 13.0. The van der Waals surface area contributed by atoms with Crippen molar-refractivity contribution in [3.63, 3.8) is 0 Å². The van der Waals surface area contributed by atoms with E-state index in [9.17, 15) is 14.9 Å². The molecule has 1 N–H and O–H groups in total. The van der Waals surface area contributed by atoms with Crippen LogP contribution in [0.5, 0.6) is 0 Å². The molecule has 0 fully saturated rings. The van der Waals surface area contributed by atoms with E-state index in [0.29, 0.717) is 11.1 Å². The number of nitro groups is 1. The van der Waals surface area contributed by atoms with Gasteiger partial charge in [-0.3, -0.25) is 14.9 Å². The Hall–Kier alpha value is -2.24. The van der Waals surface area contributed by atoms with Gasteiger partial charge in [0.05, 0.1) is 4.92 Å². The van der Waals surface area contributed by atoms with Gasteiger partial charge >= 0.3 is 0 Å². The Labute approximate surface area is 124 Å². The van der Waals surface area contributed by atoms with E-state index in [1.54, 1.807) is 6.92 Å². The summed E-state index contributed by atoms with van der Waals surface area (Å²) in [6, 6.07) is 4.26. The number of nitrogens with one attached hydrogen (secondary N) is 1. The number of rotatable bonds is 5. The second-order valence-electron chi connectivity index (χ2n) is 5.55. The van der Waals surface area contributed by atoms with Crippen molar-refractivity contribution in [3.8, 4) is 0 Å². The standard InChI is InChI=1S/C15H21N3O3/c1-9(2)14(10(3)4)16-17-15(19)12-6-7-13(18(20)21)11(5)8-12/h6-10H,1-5H3,(H,17,19). The van der Waals surface area contributed by atoms with E-state index in [0.717, 1.165) is 5.71 Å². The number of amides is 1. The maximum Gasteiger partial charge on any atom is 0.272 e. The topological polar surface area (TPSA) is 84.6 Å². The molecule has 1 rings (SSSR count). The van der Waals surface area contributed by atoms with Gasteiger partial charge in [0.25, 0.3) is 11.6 Å². The van der Waals surface area contributed by atoms with Gasteiger partial charge < -0.3 is 0 Å². The minimum absolute atomic E-state index is 0.0000936. The van der Waals surface area contributed by atoms with Gasteiger partial charge in [-0.05, 0) is 30.9 Å². The van der Waals surface area contributed by atoms with Crippen LogP contribution in [0.4, 0.5) is 5.69 Å². The normalized spacial score (nSPS) is 10.6. The van der Waals surface area contributed by atoms with Crippen molar-refractivity contribution < 1.29 is 9.72 Å². The molecule has 0 radical (unpaired) electrons. The van der Waals surface area contributed by atoms with Crippen molar-refractivity contribution >= 4 is 17.3 Å². The second kappa shape index (κ2) is 6.97. The number of nitrogens with zero attached hydrogens (tertiary/aromatic N) is 2. The third kappa shape index (κ3) is 4.37. The second-order valence-corrected chi connectivity index (χ2v) is 5.55. The van der Waals surface area contributed by atoms with Crippen molar-refractivity contribution in [2.45, 2.75) is 34.6 Å². The molecule has 0 spiro atoms. The summed E-state index contributed by atoms with van der Waals surface area (Å²) in [6.45, 7) is 9.66. The van der Waals surface area contributed by atoms with Crippen LogP contribution in [0.25, 0.3) is 0 Å². The number of benzene rings is 1. The van der Waals surface area contributed by atoms with Gasteiger partial charge in [0.2, 0.25) is 0 Å². The smallest absolute Gasteiger partial charge is 0.267 e. The van der Waals surface area contributed by atoms with Gasteiger partial charge in [0, 0.05) is 22.9 Å². The van der Waals surface area contributed by atoms with E-state index in [1.165, 1.54) is 18.2 Å². The molecule has 1 aromatic carbocycles. The average molecular weight is 291 g/mol. The molecule has 114 valence electrons. The molecular formula is C15H21N3O3. The highest BCUT2D eigenvalue weighted by Crippen LogP contribution is 2.18. The summed E-state index contributed by atoms with van der Waals surface area (Å²) in [5.74, 6) is 0.111. The monoisotopic (exact) mass is 291 g/mol. The third-order valence-corrected chi connectivity index (χ3v) is 3.13. The molecule has 0 bridgehead atoms. The van der Waals surface area contributed by atoms with Crippen molar-refractivity contribution in [3.05, 3.63) is 39.4 Å². The average Bonchev–Trinajstić information content (AvgIpc) is 2.37. The lowest BCUT2D eigenvalue weighted by Gasteiger charge is -2.13. The molecule has 0 unspecified atom stereocenters. The van der Waals surface area contributed by atoms with Crippen LogP contribution in [0.3, 0.4) is 0 Å². The highest BCUT2D eigenvalue weighted by molar-refractivity contribution is 5.96. The van der Waals surface area contributed by atoms with Crippen molar-refractivity contribution in [1.29, 1.82) is 0 Å². The lowest BCUT2D eigenvalue weighted by atomic mass is 9.98. The first-order valence-electron chi connectivity index (χ1n) is 6.86. The minimum atomic E-state index is -0.467. The number of carbonyl (C=O) groups is 1. The fourth-order valence-corrected chi connectivity index (χ4v) is 2.11. The van der Waals surface area contributed by atoms with E-state index in [1.807, 2.05) is 27.7 Å². The van der Waals surface area contributed by atoms with Crippen LogP contribution in [-0.4, -0.2) is 16.5 Å². The summed E-state index contributed by atoms with van der Waals surface area (Å²) in [5, 5.41) is 14.9. The molecule has 1 amide bonds. The van der Waals surface area contributed by atoms with Gasteiger partial charge in [-0.2, -0.15) is 5.10 Å². The summed E-state index contributed by atoms with van der Waals surface area (Å²) in [4.78, 5) is 22.3. The molecule has 0 saturated carbocycles. The van der Waals surface area contributed by atoms with Gasteiger partial charge in [0.1, 0.15) is 0 Å². The molecule has 0 aromatic heterocycles. The van der Waals surface area contributed by atoms with Gasteiger partial charge in [-0.15, -0.1) is 0 Å². The Kier molecular flexibility index (Phi) is 5.58. The molecule has 0 aliphatic heterocycles. The maximum atomic E-state index is 12.0. The van der Waals surface area contributed by atoms with Crippen LogP contribution >= 0.6 is 0 Å². The Bertz CT molecular complexity index is 568. The fraction of sp³-hybridized carbons (Fsp3) is 0.467. The number of hydrogen-bond donors (Lipinski definition) is 1. The van der Waals surface area contributed by atoms with E-state index in [-0.39, 0.29) is 23.4 Å². The number of nitro benzene ring substituents is 1. The van der Waals surface area contributed by atoms with E-state index >= 15 is 0 Å². The Morgan fingerprint density at radius 2 is 1.81 bits per heavy atom. The summed E-state index contributed by atoms with van der Waals surface area (Å²) in [5.41, 5.74) is 4.23. The zero-order valence-corrected chi connectivity index (χ0v) is 13.0. The van der Waals surface area contributed by atoms with E-state index < -0.39 is 4.92 Å². The predicted molar refractivity (Wildman–Crippen MR) is 82.4 cm³/mol. The summed E-state index contributed by atoms with van der Waals surface area (Å²) in [6.07, 6.45) is 0. The molecular weight excluding hydrogens is 270 g/mol. The first kappa shape index (κ1) is 16.8. The minimum Gasteiger partial charge on any atom is -0.267 e. The van der Waals surface area contributed by atoms with Gasteiger partial charge in [-0.1, -0.05) is 27.7 Å². The number of carbonyl (C=O) groups excluding carboxylic acids is 1. The third-order valence-electron chi connectivity index (χ3n) is 3.13. The van der Waals surface area contributed by atoms with E-state index in [2.05, 4.69) is 10.5 Å². The maximum absolute atomic E-state index is 12.0. The van der Waals surface area contributed by atoms with Crippen LogP contribution in [0.2, 0.25) is 0 Å². The van der Waals surface area contributed by atoms with Crippen molar-refractivity contribution in [2.24, 2.45) is 16.9 Å². The largest absolute Gasteiger partial charge is 0.272 e. The molecule has 6 heteroatoms. The molecule has 0 saturated heterocycles. The first-order chi connectivity index (χ1) is 9.73. The van der Waals surface area contributed by atoms with E-state index in [4.69, 9.17) is 0 Å².